The van der Waals surface area contributed by atoms with E-state index in [1.807, 2.05) is 19.4 Å². The molecule has 0 aliphatic heterocycles. The predicted octanol–water partition coefficient (Wildman–Crippen LogP) is 3.75. The molecule has 1 heterocycles. The summed E-state index contributed by atoms with van der Waals surface area (Å²) in [5, 5.41) is 6.67. The largest absolute Gasteiger partial charge is 0.313 e. The maximum absolute atomic E-state index is 13.8. The van der Waals surface area contributed by atoms with E-state index in [4.69, 9.17) is 11.6 Å². The van der Waals surface area contributed by atoms with Gasteiger partial charge in [0.1, 0.15) is 5.82 Å². The molecule has 1 atom stereocenters. The Morgan fingerprint density at radius 3 is 2.89 bits per heavy atom. The topological polar surface area (TPSA) is 24.9 Å². The van der Waals surface area contributed by atoms with Crippen LogP contribution >= 0.6 is 22.9 Å². The molecule has 0 saturated carbocycles. The summed E-state index contributed by atoms with van der Waals surface area (Å²) in [5.74, 6) is -0.245. The van der Waals surface area contributed by atoms with Crippen molar-refractivity contribution in [2.45, 2.75) is 19.4 Å². The average Bonchev–Trinajstić information content (AvgIpc) is 2.75. The lowest BCUT2D eigenvalue weighted by Gasteiger charge is -2.16. The van der Waals surface area contributed by atoms with E-state index in [0.29, 0.717) is 17.0 Å². The van der Waals surface area contributed by atoms with Gasteiger partial charge in [-0.15, -0.1) is 11.3 Å². The SMILES string of the molecule is CNC(Cc1csc(C)n1)c1cc(Cl)ccc1F. The molecule has 5 heteroatoms. The molecule has 1 aromatic heterocycles. The second-order valence-corrected chi connectivity index (χ2v) is 5.57. The van der Waals surface area contributed by atoms with E-state index >= 15 is 0 Å². The van der Waals surface area contributed by atoms with Crippen molar-refractivity contribution >= 4 is 22.9 Å². The minimum Gasteiger partial charge on any atom is -0.313 e. The van der Waals surface area contributed by atoms with Crippen molar-refractivity contribution in [2.75, 3.05) is 7.05 Å². The minimum absolute atomic E-state index is 0.120. The fraction of sp³-hybridized carbons (Fsp3) is 0.308. The number of halogens is 2. The Morgan fingerprint density at radius 2 is 2.28 bits per heavy atom. The van der Waals surface area contributed by atoms with Gasteiger partial charge in [-0.05, 0) is 32.2 Å². The molecule has 0 aliphatic carbocycles. The Morgan fingerprint density at radius 1 is 1.50 bits per heavy atom. The van der Waals surface area contributed by atoms with Gasteiger partial charge in [0.05, 0.1) is 10.7 Å². The summed E-state index contributed by atoms with van der Waals surface area (Å²) >= 11 is 7.52. The molecule has 18 heavy (non-hydrogen) atoms. The summed E-state index contributed by atoms with van der Waals surface area (Å²) in [5.41, 5.74) is 1.55. The van der Waals surface area contributed by atoms with E-state index in [-0.39, 0.29) is 11.9 Å². The molecule has 0 bridgehead atoms. The van der Waals surface area contributed by atoms with Gasteiger partial charge in [0.2, 0.25) is 0 Å². The smallest absolute Gasteiger partial charge is 0.128 e. The number of aromatic nitrogens is 1. The standard InChI is InChI=1S/C13H14ClFN2S/c1-8-17-10(7-18-8)6-13(16-2)11-5-9(14)3-4-12(11)15/h3-5,7,13,16H,6H2,1-2H3. The second-order valence-electron chi connectivity index (χ2n) is 4.07. The van der Waals surface area contributed by atoms with Crippen LogP contribution in [0.2, 0.25) is 5.02 Å². The van der Waals surface area contributed by atoms with E-state index in [2.05, 4.69) is 10.3 Å². The Bertz CT molecular complexity index is 542. The van der Waals surface area contributed by atoms with Gasteiger partial charge < -0.3 is 5.32 Å². The van der Waals surface area contributed by atoms with Crippen molar-refractivity contribution in [3.05, 3.63) is 50.7 Å². The number of nitrogens with one attached hydrogen (secondary N) is 1. The lowest BCUT2D eigenvalue weighted by atomic mass is 10.0. The minimum atomic E-state index is -0.245. The molecule has 1 unspecified atom stereocenters. The first-order valence-electron chi connectivity index (χ1n) is 5.63. The van der Waals surface area contributed by atoms with E-state index in [0.717, 1.165) is 10.7 Å². The van der Waals surface area contributed by atoms with Gasteiger partial charge in [0.15, 0.2) is 0 Å². The highest BCUT2D eigenvalue weighted by atomic mass is 35.5. The number of benzene rings is 1. The molecule has 1 N–H and O–H groups in total. The molecule has 0 aliphatic rings. The second kappa shape index (κ2) is 5.78. The molecule has 0 spiro atoms. The van der Waals surface area contributed by atoms with Crippen molar-refractivity contribution < 1.29 is 4.39 Å². The van der Waals surface area contributed by atoms with Gasteiger partial charge >= 0.3 is 0 Å². The number of rotatable bonds is 4. The van der Waals surface area contributed by atoms with Crippen LogP contribution in [0.5, 0.6) is 0 Å². The van der Waals surface area contributed by atoms with Crippen LogP contribution in [0.15, 0.2) is 23.6 Å². The van der Waals surface area contributed by atoms with Crippen molar-refractivity contribution in [2.24, 2.45) is 0 Å². The fourth-order valence-electron chi connectivity index (χ4n) is 1.86. The van der Waals surface area contributed by atoms with Crippen LogP contribution < -0.4 is 5.32 Å². The lowest BCUT2D eigenvalue weighted by molar-refractivity contribution is 0.531. The summed E-state index contributed by atoms with van der Waals surface area (Å²) in [4.78, 5) is 4.40. The van der Waals surface area contributed by atoms with Gasteiger partial charge in [-0.3, -0.25) is 0 Å². The van der Waals surface area contributed by atoms with Crippen molar-refractivity contribution in [3.63, 3.8) is 0 Å². The zero-order valence-electron chi connectivity index (χ0n) is 10.2. The third-order valence-electron chi connectivity index (χ3n) is 2.76. The molecule has 96 valence electrons. The summed E-state index contributed by atoms with van der Waals surface area (Å²) in [6.07, 6.45) is 0.651. The number of aryl methyl sites for hydroxylation is 1. The van der Waals surface area contributed by atoms with Crippen LogP contribution in [0.4, 0.5) is 4.39 Å². The fourth-order valence-corrected chi connectivity index (χ4v) is 2.67. The predicted molar refractivity (Wildman–Crippen MR) is 73.8 cm³/mol. The van der Waals surface area contributed by atoms with Crippen LogP contribution in [-0.4, -0.2) is 12.0 Å². The van der Waals surface area contributed by atoms with E-state index in [1.54, 1.807) is 23.5 Å². The van der Waals surface area contributed by atoms with Crippen LogP contribution in [0.1, 0.15) is 22.3 Å². The number of likely N-dealkylation sites (N-methyl/N-ethyl adjacent to an activating group) is 1. The molecule has 1 aromatic carbocycles. The van der Waals surface area contributed by atoms with Crippen molar-refractivity contribution in [1.82, 2.24) is 10.3 Å². The summed E-state index contributed by atoms with van der Waals surface area (Å²) < 4.78 is 13.8. The average molecular weight is 285 g/mol. The number of hydrogen-bond donors (Lipinski definition) is 1. The van der Waals surface area contributed by atoms with Gasteiger partial charge in [-0.25, -0.2) is 9.37 Å². The van der Waals surface area contributed by atoms with Crippen LogP contribution in [0, 0.1) is 12.7 Å². The Kier molecular flexibility index (Phi) is 4.32. The Hall–Kier alpha value is -0.970. The normalized spacial score (nSPS) is 12.7. The first-order valence-corrected chi connectivity index (χ1v) is 6.89. The third kappa shape index (κ3) is 3.07. The van der Waals surface area contributed by atoms with Crippen molar-refractivity contribution in [3.8, 4) is 0 Å². The number of hydrogen-bond acceptors (Lipinski definition) is 3. The molecule has 0 radical (unpaired) electrons. The lowest BCUT2D eigenvalue weighted by Crippen LogP contribution is -2.20. The van der Waals surface area contributed by atoms with Crippen LogP contribution in [-0.2, 0) is 6.42 Å². The highest BCUT2D eigenvalue weighted by molar-refractivity contribution is 7.09. The zero-order valence-corrected chi connectivity index (χ0v) is 11.8. The molecule has 2 nitrogen and oxygen atoms in total. The van der Waals surface area contributed by atoms with E-state index in [1.165, 1.54) is 6.07 Å². The molecule has 0 saturated heterocycles. The summed E-state index contributed by atoms with van der Waals surface area (Å²) in [6.45, 7) is 1.96. The molecule has 2 rings (SSSR count). The summed E-state index contributed by atoms with van der Waals surface area (Å²) in [6, 6.07) is 4.50. The molecule has 0 amide bonds. The molecular weight excluding hydrogens is 271 g/mol. The maximum Gasteiger partial charge on any atom is 0.128 e. The molecular formula is C13H14ClFN2S. The van der Waals surface area contributed by atoms with Gasteiger partial charge in [-0.1, -0.05) is 11.6 Å². The molecule has 2 aromatic rings. The Labute approximate surface area is 115 Å². The monoisotopic (exact) mass is 284 g/mol. The highest BCUT2D eigenvalue weighted by Crippen LogP contribution is 2.24. The number of nitrogens with zero attached hydrogens (tertiary/aromatic N) is 1. The van der Waals surface area contributed by atoms with Gasteiger partial charge in [0.25, 0.3) is 0 Å². The third-order valence-corrected chi connectivity index (χ3v) is 3.82. The van der Waals surface area contributed by atoms with Crippen molar-refractivity contribution in [1.29, 1.82) is 0 Å². The van der Waals surface area contributed by atoms with E-state index < -0.39 is 0 Å². The van der Waals surface area contributed by atoms with Crippen LogP contribution in [0.3, 0.4) is 0 Å². The van der Waals surface area contributed by atoms with Gasteiger partial charge in [-0.2, -0.15) is 0 Å². The quantitative estimate of drug-likeness (QED) is 0.925. The van der Waals surface area contributed by atoms with Gasteiger partial charge in [0, 0.05) is 28.4 Å². The highest BCUT2D eigenvalue weighted by Gasteiger charge is 2.16. The zero-order chi connectivity index (χ0) is 13.1. The number of thiazole rings is 1. The first-order chi connectivity index (χ1) is 8.60. The Balaban J connectivity index is 2.25. The maximum atomic E-state index is 13.8. The first kappa shape index (κ1) is 13.5. The summed E-state index contributed by atoms with van der Waals surface area (Å²) in [7, 11) is 1.81. The van der Waals surface area contributed by atoms with Crippen LogP contribution in [0.25, 0.3) is 0 Å². The van der Waals surface area contributed by atoms with E-state index in [9.17, 15) is 4.39 Å². The molecule has 0 fully saturated rings.